The fourth-order valence-corrected chi connectivity index (χ4v) is 4.09. The van der Waals surface area contributed by atoms with Crippen LogP contribution >= 0.6 is 0 Å². The molecular formula is C20H38OSi. The van der Waals surface area contributed by atoms with E-state index in [2.05, 4.69) is 39.1 Å². The zero-order valence-electron chi connectivity index (χ0n) is 15.5. The third-order valence-electron chi connectivity index (χ3n) is 4.88. The second-order valence-electron chi connectivity index (χ2n) is 7.20. The highest BCUT2D eigenvalue weighted by Gasteiger charge is 2.17. The Kier molecular flexibility index (Phi) is 10.1. The Balaban J connectivity index is 0.000000261. The Hall–Kier alpha value is -0.343. The van der Waals surface area contributed by atoms with Crippen LogP contribution < -0.4 is 0 Å². The molecule has 1 nitrogen and oxygen atoms in total. The van der Waals surface area contributed by atoms with Gasteiger partial charge in [0.2, 0.25) is 0 Å². The summed E-state index contributed by atoms with van der Waals surface area (Å²) < 4.78 is 5.52. The van der Waals surface area contributed by atoms with Gasteiger partial charge in [-0.2, -0.15) is 0 Å². The van der Waals surface area contributed by atoms with Crippen LogP contribution in [0.4, 0.5) is 0 Å². The Morgan fingerprint density at radius 1 is 0.818 bits per heavy atom. The van der Waals surface area contributed by atoms with Crippen molar-refractivity contribution in [2.45, 2.75) is 97.2 Å². The molecular weight excluding hydrogens is 284 g/mol. The van der Waals surface area contributed by atoms with Crippen molar-refractivity contribution in [2.75, 3.05) is 6.61 Å². The first-order valence-corrected chi connectivity index (χ1v) is 12.7. The van der Waals surface area contributed by atoms with Crippen molar-refractivity contribution < 1.29 is 4.43 Å². The number of hydrogen-bond donors (Lipinski definition) is 0. The van der Waals surface area contributed by atoms with Gasteiger partial charge in [0.25, 0.3) is 0 Å². The Morgan fingerprint density at radius 3 is 1.68 bits per heavy atom. The molecule has 0 saturated heterocycles. The first-order chi connectivity index (χ1) is 10.6. The van der Waals surface area contributed by atoms with Crippen molar-refractivity contribution in [1.82, 2.24) is 0 Å². The van der Waals surface area contributed by atoms with Gasteiger partial charge >= 0.3 is 0 Å². The van der Waals surface area contributed by atoms with E-state index in [4.69, 9.17) is 4.43 Å². The monoisotopic (exact) mass is 322 g/mol. The Bertz CT molecular complexity index is 329. The van der Waals surface area contributed by atoms with Gasteiger partial charge in [-0.1, -0.05) is 31.9 Å². The summed E-state index contributed by atoms with van der Waals surface area (Å²) in [6.07, 6.45) is 18.9. The lowest BCUT2D eigenvalue weighted by molar-refractivity contribution is 0.330. The molecule has 2 rings (SSSR count). The largest absolute Gasteiger partial charge is 0.418 e. The standard InChI is InChI=1S/C14H22.C6H16OSi/c1-2-6-10-13(9-5-1)14-11-7-3-4-8-12-14;1-5-7-8(3,4)6-2/h9,11H,1-8,10,12H2;5-6H2,1-4H3. The van der Waals surface area contributed by atoms with Gasteiger partial charge in [-0.05, 0) is 88.6 Å². The van der Waals surface area contributed by atoms with Crippen LogP contribution in [0, 0.1) is 0 Å². The van der Waals surface area contributed by atoms with E-state index in [1.807, 2.05) is 0 Å². The lowest BCUT2D eigenvalue weighted by Gasteiger charge is -2.18. The summed E-state index contributed by atoms with van der Waals surface area (Å²) in [6.45, 7) is 9.63. The van der Waals surface area contributed by atoms with Gasteiger partial charge < -0.3 is 4.43 Å². The normalized spacial score (nSPS) is 20.0. The molecule has 0 N–H and O–H groups in total. The van der Waals surface area contributed by atoms with Crippen molar-refractivity contribution in [3.63, 3.8) is 0 Å². The van der Waals surface area contributed by atoms with Crippen LogP contribution in [0.1, 0.15) is 78.1 Å². The molecule has 0 aliphatic heterocycles. The minimum atomic E-state index is -1.18. The summed E-state index contributed by atoms with van der Waals surface area (Å²) in [6, 6.07) is 1.22. The molecule has 0 atom stereocenters. The smallest absolute Gasteiger partial charge is 0.186 e. The third kappa shape index (κ3) is 8.33. The summed E-state index contributed by atoms with van der Waals surface area (Å²) in [5, 5.41) is 0. The molecule has 0 aromatic carbocycles. The Labute approximate surface area is 140 Å². The first-order valence-electron chi connectivity index (χ1n) is 9.61. The Morgan fingerprint density at radius 2 is 1.32 bits per heavy atom. The maximum atomic E-state index is 5.52. The summed E-state index contributed by atoms with van der Waals surface area (Å²) in [4.78, 5) is 0. The molecule has 128 valence electrons. The van der Waals surface area contributed by atoms with E-state index < -0.39 is 8.32 Å². The molecule has 0 unspecified atom stereocenters. The quantitative estimate of drug-likeness (QED) is 0.505. The van der Waals surface area contributed by atoms with Crippen LogP contribution in [0.3, 0.4) is 0 Å². The van der Waals surface area contributed by atoms with Crippen molar-refractivity contribution in [1.29, 1.82) is 0 Å². The zero-order valence-corrected chi connectivity index (χ0v) is 16.5. The minimum Gasteiger partial charge on any atom is -0.418 e. The zero-order chi connectivity index (χ0) is 16.3. The van der Waals surface area contributed by atoms with Crippen LogP contribution in [-0.4, -0.2) is 14.9 Å². The van der Waals surface area contributed by atoms with Gasteiger partial charge in [0.15, 0.2) is 8.32 Å². The number of hydrogen-bond acceptors (Lipinski definition) is 1. The molecule has 0 saturated carbocycles. The van der Waals surface area contributed by atoms with Gasteiger partial charge in [0.1, 0.15) is 0 Å². The van der Waals surface area contributed by atoms with Gasteiger partial charge in [-0.15, -0.1) is 0 Å². The van der Waals surface area contributed by atoms with Gasteiger partial charge in [0, 0.05) is 6.61 Å². The SMILES string of the molecule is C1=C(C2=CCCCCC2)CCCCC1.CCO[Si](C)(C)CC. The molecule has 0 heterocycles. The van der Waals surface area contributed by atoms with Crippen molar-refractivity contribution in [2.24, 2.45) is 0 Å². The van der Waals surface area contributed by atoms with Crippen molar-refractivity contribution in [3.05, 3.63) is 23.3 Å². The highest BCUT2D eigenvalue weighted by molar-refractivity contribution is 6.71. The second-order valence-corrected chi connectivity index (χ2v) is 11.7. The van der Waals surface area contributed by atoms with E-state index >= 15 is 0 Å². The molecule has 22 heavy (non-hydrogen) atoms. The van der Waals surface area contributed by atoms with E-state index in [0.29, 0.717) is 0 Å². The highest BCUT2D eigenvalue weighted by atomic mass is 28.4. The lowest BCUT2D eigenvalue weighted by Crippen LogP contribution is -2.28. The van der Waals surface area contributed by atoms with Crippen LogP contribution in [-0.2, 0) is 4.43 Å². The minimum absolute atomic E-state index is 0.882. The predicted octanol–water partition coefficient (Wildman–Crippen LogP) is 7.02. The van der Waals surface area contributed by atoms with E-state index in [-0.39, 0.29) is 0 Å². The lowest BCUT2D eigenvalue weighted by atomic mass is 9.97. The molecule has 2 aliphatic carbocycles. The predicted molar refractivity (Wildman–Crippen MR) is 102 cm³/mol. The fraction of sp³-hybridized carbons (Fsp3) is 0.800. The van der Waals surface area contributed by atoms with E-state index in [1.54, 1.807) is 11.1 Å². The second kappa shape index (κ2) is 11.2. The molecule has 0 aromatic rings. The molecule has 0 fully saturated rings. The van der Waals surface area contributed by atoms with E-state index in [1.165, 1.54) is 70.3 Å². The molecule has 0 amide bonds. The summed E-state index contributed by atoms with van der Waals surface area (Å²) in [7, 11) is -1.18. The molecule has 0 aromatic heterocycles. The third-order valence-corrected chi connectivity index (χ3v) is 7.65. The topological polar surface area (TPSA) is 9.23 Å². The van der Waals surface area contributed by atoms with E-state index in [0.717, 1.165) is 6.61 Å². The van der Waals surface area contributed by atoms with Gasteiger partial charge in [0.05, 0.1) is 0 Å². The number of rotatable bonds is 4. The molecule has 0 radical (unpaired) electrons. The maximum absolute atomic E-state index is 5.52. The molecule has 2 heteroatoms. The van der Waals surface area contributed by atoms with Gasteiger partial charge in [-0.3, -0.25) is 0 Å². The summed E-state index contributed by atoms with van der Waals surface area (Å²) in [5.74, 6) is 0. The van der Waals surface area contributed by atoms with Gasteiger partial charge in [-0.25, -0.2) is 0 Å². The van der Waals surface area contributed by atoms with Crippen LogP contribution in [0.2, 0.25) is 19.1 Å². The highest BCUT2D eigenvalue weighted by Crippen LogP contribution is 2.29. The van der Waals surface area contributed by atoms with E-state index in [9.17, 15) is 0 Å². The average Bonchev–Trinajstić information content (AvgIpc) is 2.92. The molecule has 2 aliphatic rings. The fourth-order valence-electron chi connectivity index (χ4n) is 3.11. The van der Waals surface area contributed by atoms with Crippen LogP contribution in [0.5, 0.6) is 0 Å². The number of allylic oxidation sites excluding steroid dienone is 4. The van der Waals surface area contributed by atoms with Crippen LogP contribution in [0.25, 0.3) is 0 Å². The average molecular weight is 323 g/mol. The molecule has 0 spiro atoms. The van der Waals surface area contributed by atoms with Crippen molar-refractivity contribution >= 4 is 8.32 Å². The van der Waals surface area contributed by atoms with Crippen molar-refractivity contribution in [3.8, 4) is 0 Å². The molecule has 0 bridgehead atoms. The van der Waals surface area contributed by atoms with Crippen LogP contribution in [0.15, 0.2) is 23.3 Å². The summed E-state index contributed by atoms with van der Waals surface area (Å²) in [5.41, 5.74) is 3.40. The maximum Gasteiger partial charge on any atom is 0.186 e. The first kappa shape index (κ1) is 19.7. The summed E-state index contributed by atoms with van der Waals surface area (Å²) >= 11 is 0.